The normalized spacial score (nSPS) is 13.1. The van der Waals surface area contributed by atoms with Gasteiger partial charge in [0.2, 0.25) is 5.91 Å². The number of nitrogens with zero attached hydrogens (tertiary/aromatic N) is 2. The number of aliphatic hydroxyl groups excluding tert-OH is 1. The van der Waals surface area contributed by atoms with Gasteiger partial charge in [0.1, 0.15) is 11.9 Å². The molecular formula is C28H27F6N3O3. The molecule has 0 aliphatic carbocycles. The summed E-state index contributed by atoms with van der Waals surface area (Å²) < 4.78 is 80.9. The van der Waals surface area contributed by atoms with Gasteiger partial charge >= 0.3 is 12.4 Å². The highest BCUT2D eigenvalue weighted by atomic mass is 19.4. The second-order valence-electron chi connectivity index (χ2n) is 9.85. The van der Waals surface area contributed by atoms with Crippen LogP contribution in [0, 0.1) is 6.92 Å². The first kappa shape index (κ1) is 30.6. The van der Waals surface area contributed by atoms with Crippen LogP contribution in [-0.4, -0.2) is 35.1 Å². The third-order valence-corrected chi connectivity index (χ3v) is 6.46. The fourth-order valence-electron chi connectivity index (χ4n) is 4.07. The zero-order valence-corrected chi connectivity index (χ0v) is 22.2. The van der Waals surface area contributed by atoms with Gasteiger partial charge in [-0.1, -0.05) is 24.3 Å². The number of alkyl halides is 6. The summed E-state index contributed by atoms with van der Waals surface area (Å²) in [6.45, 7) is 5.53. The van der Waals surface area contributed by atoms with Gasteiger partial charge in [-0.15, -0.1) is 0 Å². The molecule has 0 aliphatic rings. The van der Waals surface area contributed by atoms with Crippen LogP contribution in [-0.2, 0) is 27.4 Å². The maximum atomic E-state index is 13.7. The monoisotopic (exact) mass is 567 g/mol. The summed E-state index contributed by atoms with van der Waals surface area (Å²) in [7, 11) is 1.33. The minimum Gasteiger partial charge on any atom is -0.384 e. The van der Waals surface area contributed by atoms with E-state index >= 15 is 0 Å². The highest BCUT2D eigenvalue weighted by Gasteiger charge is 2.41. The number of amides is 2. The highest BCUT2D eigenvalue weighted by Crippen LogP contribution is 2.41. The largest absolute Gasteiger partial charge is 0.416 e. The lowest BCUT2D eigenvalue weighted by Crippen LogP contribution is -2.42. The number of likely N-dealkylation sites (N-methyl/N-ethyl adjacent to an activating group) is 1. The Morgan fingerprint density at radius 1 is 0.900 bits per heavy atom. The molecule has 0 radical (unpaired) electrons. The molecule has 2 amide bonds. The molecule has 2 N–H and O–H groups in total. The van der Waals surface area contributed by atoms with Crippen molar-refractivity contribution in [3.63, 3.8) is 0 Å². The fraction of sp³-hybridized carbons (Fsp3) is 0.321. The Morgan fingerprint density at radius 3 is 1.93 bits per heavy atom. The molecule has 3 rings (SSSR count). The molecule has 3 aromatic rings. The number of nitrogens with one attached hydrogen (secondary N) is 1. The first-order valence-corrected chi connectivity index (χ1v) is 12.0. The molecule has 12 heteroatoms. The average molecular weight is 568 g/mol. The molecule has 0 fully saturated rings. The van der Waals surface area contributed by atoms with Gasteiger partial charge in [-0.3, -0.25) is 9.59 Å². The summed E-state index contributed by atoms with van der Waals surface area (Å²) in [5.41, 5.74) is -3.37. The molecule has 0 spiro atoms. The number of aliphatic hydroxyl groups is 1. The van der Waals surface area contributed by atoms with E-state index in [-0.39, 0.29) is 17.6 Å². The number of aryl methyl sites for hydroxylation is 1. The molecule has 1 aromatic heterocycles. The van der Waals surface area contributed by atoms with Crippen LogP contribution < -0.4 is 10.2 Å². The number of carbonyl (C=O) groups excluding carboxylic acids is 2. The lowest BCUT2D eigenvalue weighted by molar-refractivity contribution is -0.143. The van der Waals surface area contributed by atoms with Crippen LogP contribution in [0.15, 0.2) is 54.7 Å². The lowest BCUT2D eigenvalue weighted by Gasteiger charge is -2.32. The number of pyridine rings is 1. The van der Waals surface area contributed by atoms with Crippen molar-refractivity contribution in [1.82, 2.24) is 4.98 Å². The maximum Gasteiger partial charge on any atom is 0.416 e. The highest BCUT2D eigenvalue weighted by molar-refractivity contribution is 6.04. The number of halogens is 6. The molecule has 214 valence electrons. The first-order chi connectivity index (χ1) is 18.3. The van der Waals surface area contributed by atoms with E-state index in [0.717, 1.165) is 10.5 Å². The van der Waals surface area contributed by atoms with E-state index in [2.05, 4.69) is 10.3 Å². The van der Waals surface area contributed by atoms with Crippen LogP contribution in [0.1, 0.15) is 43.0 Å². The number of benzene rings is 2. The van der Waals surface area contributed by atoms with E-state index in [0.29, 0.717) is 23.3 Å². The minimum absolute atomic E-state index is 0.00817. The molecule has 1 unspecified atom stereocenters. The van der Waals surface area contributed by atoms with E-state index in [9.17, 15) is 41.0 Å². The topological polar surface area (TPSA) is 82.5 Å². The predicted molar refractivity (Wildman–Crippen MR) is 138 cm³/mol. The van der Waals surface area contributed by atoms with Gasteiger partial charge in [0.25, 0.3) is 5.91 Å². The lowest BCUT2D eigenvalue weighted by atomic mass is 9.81. The number of hydrogen-bond donors (Lipinski definition) is 2. The Balaban J connectivity index is 2.14. The van der Waals surface area contributed by atoms with Crippen LogP contribution in [0.2, 0.25) is 0 Å². The van der Waals surface area contributed by atoms with Crippen molar-refractivity contribution in [2.45, 2.75) is 51.6 Å². The van der Waals surface area contributed by atoms with Crippen LogP contribution >= 0.6 is 0 Å². The van der Waals surface area contributed by atoms with Crippen molar-refractivity contribution < 1.29 is 41.0 Å². The Morgan fingerprint density at radius 2 is 1.43 bits per heavy atom. The average Bonchev–Trinajstić information content (AvgIpc) is 2.86. The van der Waals surface area contributed by atoms with E-state index < -0.39 is 52.4 Å². The minimum atomic E-state index is -5.07. The van der Waals surface area contributed by atoms with Gasteiger partial charge in [-0.05, 0) is 68.7 Å². The zero-order chi connectivity index (χ0) is 30.2. The summed E-state index contributed by atoms with van der Waals surface area (Å²) in [6.07, 6.45) is -10.2. The molecule has 40 heavy (non-hydrogen) atoms. The van der Waals surface area contributed by atoms with Crippen LogP contribution in [0.3, 0.4) is 0 Å². The van der Waals surface area contributed by atoms with Crippen LogP contribution in [0.4, 0.5) is 37.8 Å². The van der Waals surface area contributed by atoms with Crippen molar-refractivity contribution >= 4 is 23.3 Å². The second-order valence-corrected chi connectivity index (χ2v) is 9.85. The number of aromatic nitrogens is 1. The molecule has 0 aliphatic heterocycles. The smallest absolute Gasteiger partial charge is 0.384 e. The third-order valence-electron chi connectivity index (χ3n) is 6.46. The Bertz CT molecular complexity index is 1400. The summed E-state index contributed by atoms with van der Waals surface area (Å²) in [4.78, 5) is 31.0. The van der Waals surface area contributed by atoms with E-state index in [1.807, 2.05) is 0 Å². The van der Waals surface area contributed by atoms with Crippen molar-refractivity contribution in [1.29, 1.82) is 0 Å². The summed E-state index contributed by atoms with van der Waals surface area (Å²) in [5, 5.41) is 12.0. The Kier molecular flexibility index (Phi) is 8.35. The number of anilines is 2. The van der Waals surface area contributed by atoms with Gasteiger partial charge in [0.15, 0.2) is 0 Å². The Hall–Kier alpha value is -3.93. The molecular weight excluding hydrogens is 540 g/mol. The summed E-state index contributed by atoms with van der Waals surface area (Å²) >= 11 is 0. The summed E-state index contributed by atoms with van der Waals surface area (Å²) in [6, 6.07) is 9.58. The van der Waals surface area contributed by atoms with Crippen molar-refractivity contribution in [2.75, 3.05) is 17.3 Å². The molecule has 1 atom stereocenters. The SMILES string of the molecule is Cc1ccccc1-c1cc(NC(=O)C(C)O)ncc1N(C)C(=O)C(C)(C)c1cc(C(F)(F)F)cc(C(F)(F)F)c1. The first-order valence-electron chi connectivity index (χ1n) is 12.0. The molecule has 0 saturated heterocycles. The van der Waals surface area contributed by atoms with Crippen LogP contribution in [0.5, 0.6) is 0 Å². The number of carbonyl (C=O) groups is 2. The maximum absolute atomic E-state index is 13.7. The van der Waals surface area contributed by atoms with Crippen molar-refractivity contribution in [2.24, 2.45) is 0 Å². The molecule has 0 bridgehead atoms. The number of hydrogen-bond acceptors (Lipinski definition) is 4. The van der Waals surface area contributed by atoms with Crippen molar-refractivity contribution in [3.8, 4) is 11.1 Å². The Labute approximate surface area is 226 Å². The third kappa shape index (κ3) is 6.44. The van der Waals surface area contributed by atoms with Crippen LogP contribution in [0.25, 0.3) is 11.1 Å². The van der Waals surface area contributed by atoms with Gasteiger partial charge in [-0.25, -0.2) is 4.98 Å². The van der Waals surface area contributed by atoms with Gasteiger partial charge < -0.3 is 15.3 Å². The summed E-state index contributed by atoms with van der Waals surface area (Å²) in [5.74, 6) is -1.48. The molecule has 6 nitrogen and oxygen atoms in total. The molecule has 2 aromatic carbocycles. The quantitative estimate of drug-likeness (QED) is 0.340. The predicted octanol–water partition coefficient (Wildman–Crippen LogP) is 6.35. The van der Waals surface area contributed by atoms with Gasteiger partial charge in [0, 0.05) is 12.6 Å². The van der Waals surface area contributed by atoms with E-state index in [4.69, 9.17) is 0 Å². The van der Waals surface area contributed by atoms with Gasteiger partial charge in [0.05, 0.1) is 28.4 Å². The fourth-order valence-corrected chi connectivity index (χ4v) is 4.07. The van der Waals surface area contributed by atoms with E-state index in [1.165, 1.54) is 40.1 Å². The zero-order valence-electron chi connectivity index (χ0n) is 22.2. The standard InChI is InChI=1S/C28H27F6N3O3/c1-15-8-6-7-9-20(15)21-13-23(36-24(39)16(2)38)35-14-22(21)37(5)25(40)26(3,4)17-10-18(27(29,30)31)12-19(11-17)28(32,33)34/h6-14,16,38H,1-5H3,(H,35,36,39). The second kappa shape index (κ2) is 10.9. The molecule has 0 saturated carbocycles. The van der Waals surface area contributed by atoms with Gasteiger partial charge in [-0.2, -0.15) is 26.3 Å². The van der Waals surface area contributed by atoms with E-state index in [1.54, 1.807) is 31.2 Å². The van der Waals surface area contributed by atoms with Crippen molar-refractivity contribution in [3.05, 3.63) is 77.0 Å². The number of rotatable bonds is 6. The molecule has 1 heterocycles.